The summed E-state index contributed by atoms with van der Waals surface area (Å²) in [6, 6.07) is 18.8. The van der Waals surface area contributed by atoms with Crippen molar-refractivity contribution < 1.29 is 4.74 Å². The molecule has 1 nitrogen and oxygen atoms in total. The van der Waals surface area contributed by atoms with Crippen LogP contribution in [0, 0.1) is 0 Å². The van der Waals surface area contributed by atoms with Crippen molar-refractivity contribution in [2.45, 2.75) is 12.8 Å². The molecular weight excluding hydrogens is 196 g/mol. The van der Waals surface area contributed by atoms with Crippen molar-refractivity contribution in [1.29, 1.82) is 0 Å². The smallest absolute Gasteiger partial charge is 0.118 e. The lowest BCUT2D eigenvalue weighted by atomic mass is 9.93. The summed E-state index contributed by atoms with van der Waals surface area (Å²) in [5.41, 5.74) is 2.65. The number of methoxy groups -OCH3 is 1. The zero-order valence-electron chi connectivity index (χ0n) is 9.68. The molecule has 0 bridgehead atoms. The van der Waals surface area contributed by atoms with E-state index in [4.69, 9.17) is 4.74 Å². The van der Waals surface area contributed by atoms with Gasteiger partial charge in [-0.1, -0.05) is 49.4 Å². The molecule has 0 fully saturated rings. The highest BCUT2D eigenvalue weighted by atomic mass is 16.5. The average molecular weight is 212 g/mol. The molecule has 0 N–H and O–H groups in total. The summed E-state index contributed by atoms with van der Waals surface area (Å²) in [5.74, 6) is 1.33. The molecule has 82 valence electrons. The maximum Gasteiger partial charge on any atom is 0.118 e. The Morgan fingerprint density at radius 2 is 1.38 bits per heavy atom. The van der Waals surface area contributed by atoms with Gasteiger partial charge in [0.15, 0.2) is 0 Å². The second-order valence-corrected chi connectivity index (χ2v) is 3.91. The van der Waals surface area contributed by atoms with Crippen LogP contribution in [0.15, 0.2) is 54.6 Å². The van der Waals surface area contributed by atoms with Crippen LogP contribution in [0.4, 0.5) is 0 Å². The van der Waals surface area contributed by atoms with Crippen LogP contribution in [0.3, 0.4) is 0 Å². The van der Waals surface area contributed by atoms with Gasteiger partial charge in [-0.2, -0.15) is 0 Å². The SMILES string of the molecule is COc1ccc([C@H](C)c2ccccc2)cc1. The van der Waals surface area contributed by atoms with Gasteiger partial charge in [-0.25, -0.2) is 0 Å². The summed E-state index contributed by atoms with van der Waals surface area (Å²) in [4.78, 5) is 0. The maximum atomic E-state index is 5.15. The molecule has 0 heterocycles. The highest BCUT2D eigenvalue weighted by molar-refractivity contribution is 5.35. The van der Waals surface area contributed by atoms with Crippen molar-refractivity contribution in [1.82, 2.24) is 0 Å². The fourth-order valence-corrected chi connectivity index (χ4v) is 1.83. The van der Waals surface area contributed by atoms with Crippen molar-refractivity contribution in [2.75, 3.05) is 7.11 Å². The van der Waals surface area contributed by atoms with Gasteiger partial charge in [0.2, 0.25) is 0 Å². The van der Waals surface area contributed by atoms with Crippen molar-refractivity contribution in [3.63, 3.8) is 0 Å². The molecule has 2 aromatic carbocycles. The van der Waals surface area contributed by atoms with Crippen LogP contribution in [0.5, 0.6) is 5.75 Å². The molecule has 0 amide bonds. The normalized spacial score (nSPS) is 12.1. The minimum atomic E-state index is 0.423. The highest BCUT2D eigenvalue weighted by Gasteiger charge is 2.07. The molecule has 0 aromatic heterocycles. The Morgan fingerprint density at radius 3 is 1.94 bits per heavy atom. The summed E-state index contributed by atoms with van der Waals surface area (Å²) in [7, 11) is 1.69. The van der Waals surface area contributed by atoms with Crippen LogP contribution in [0.2, 0.25) is 0 Å². The Labute approximate surface area is 96.7 Å². The van der Waals surface area contributed by atoms with Crippen LogP contribution in [-0.2, 0) is 0 Å². The predicted molar refractivity (Wildman–Crippen MR) is 67.0 cm³/mol. The van der Waals surface area contributed by atoms with Crippen LogP contribution in [-0.4, -0.2) is 7.11 Å². The molecule has 0 unspecified atom stereocenters. The number of benzene rings is 2. The molecule has 1 atom stereocenters. The maximum absolute atomic E-state index is 5.15. The fraction of sp³-hybridized carbons (Fsp3) is 0.200. The van der Waals surface area contributed by atoms with E-state index >= 15 is 0 Å². The van der Waals surface area contributed by atoms with E-state index in [0.717, 1.165) is 5.75 Å². The van der Waals surface area contributed by atoms with Crippen molar-refractivity contribution >= 4 is 0 Å². The summed E-state index contributed by atoms with van der Waals surface area (Å²) in [5, 5.41) is 0. The van der Waals surface area contributed by atoms with Gasteiger partial charge in [-0.15, -0.1) is 0 Å². The van der Waals surface area contributed by atoms with E-state index in [-0.39, 0.29) is 0 Å². The van der Waals surface area contributed by atoms with Gasteiger partial charge < -0.3 is 4.74 Å². The van der Waals surface area contributed by atoms with Crippen molar-refractivity contribution in [2.24, 2.45) is 0 Å². The lowest BCUT2D eigenvalue weighted by Crippen LogP contribution is -1.95. The minimum absolute atomic E-state index is 0.423. The first-order chi connectivity index (χ1) is 7.81. The van der Waals surface area contributed by atoms with Crippen molar-refractivity contribution in [3.8, 4) is 5.75 Å². The monoisotopic (exact) mass is 212 g/mol. The number of ether oxygens (including phenoxy) is 1. The Bertz CT molecular complexity index is 431. The lowest BCUT2D eigenvalue weighted by Gasteiger charge is -2.12. The van der Waals surface area contributed by atoms with Gasteiger partial charge in [0.25, 0.3) is 0 Å². The summed E-state index contributed by atoms with van der Waals surface area (Å²) in [6.45, 7) is 2.22. The molecule has 0 saturated heterocycles. The third-order valence-corrected chi connectivity index (χ3v) is 2.92. The first kappa shape index (κ1) is 10.7. The highest BCUT2D eigenvalue weighted by Crippen LogP contribution is 2.25. The molecule has 0 radical (unpaired) electrons. The number of rotatable bonds is 3. The summed E-state index contributed by atoms with van der Waals surface area (Å²) >= 11 is 0. The van der Waals surface area contributed by atoms with E-state index in [2.05, 4.69) is 43.3 Å². The van der Waals surface area contributed by atoms with E-state index in [1.54, 1.807) is 7.11 Å². The zero-order valence-corrected chi connectivity index (χ0v) is 9.68. The molecule has 16 heavy (non-hydrogen) atoms. The van der Waals surface area contributed by atoms with E-state index in [0.29, 0.717) is 5.92 Å². The zero-order chi connectivity index (χ0) is 11.4. The first-order valence-corrected chi connectivity index (χ1v) is 5.50. The van der Waals surface area contributed by atoms with Gasteiger partial charge in [0.1, 0.15) is 5.75 Å². The molecule has 0 aliphatic rings. The molecule has 0 saturated carbocycles. The Hall–Kier alpha value is -1.76. The van der Waals surface area contributed by atoms with Gasteiger partial charge in [0, 0.05) is 5.92 Å². The van der Waals surface area contributed by atoms with Gasteiger partial charge in [-0.3, -0.25) is 0 Å². The lowest BCUT2D eigenvalue weighted by molar-refractivity contribution is 0.414. The van der Waals surface area contributed by atoms with E-state index in [1.807, 2.05) is 18.2 Å². The molecule has 2 rings (SSSR count). The number of hydrogen-bond donors (Lipinski definition) is 0. The fourth-order valence-electron chi connectivity index (χ4n) is 1.83. The second kappa shape index (κ2) is 4.84. The quantitative estimate of drug-likeness (QED) is 0.751. The molecule has 0 aliphatic carbocycles. The minimum Gasteiger partial charge on any atom is -0.497 e. The van der Waals surface area contributed by atoms with E-state index < -0.39 is 0 Å². The van der Waals surface area contributed by atoms with Crippen molar-refractivity contribution in [3.05, 3.63) is 65.7 Å². The standard InChI is InChI=1S/C15H16O/c1-12(13-6-4-3-5-7-13)14-8-10-15(16-2)11-9-14/h3-12H,1-2H3/t12-/m1/s1. The Kier molecular flexibility index (Phi) is 3.25. The van der Waals surface area contributed by atoms with Gasteiger partial charge in [-0.05, 0) is 23.3 Å². The van der Waals surface area contributed by atoms with E-state index in [9.17, 15) is 0 Å². The number of hydrogen-bond acceptors (Lipinski definition) is 1. The van der Waals surface area contributed by atoms with Crippen LogP contribution >= 0.6 is 0 Å². The molecular formula is C15H16O. The average Bonchev–Trinajstić information content (AvgIpc) is 2.39. The van der Waals surface area contributed by atoms with Crippen LogP contribution < -0.4 is 4.74 Å². The summed E-state index contributed by atoms with van der Waals surface area (Å²) in [6.07, 6.45) is 0. The molecule has 2 aromatic rings. The van der Waals surface area contributed by atoms with Gasteiger partial charge >= 0.3 is 0 Å². The predicted octanol–water partition coefficient (Wildman–Crippen LogP) is 3.85. The third kappa shape index (κ3) is 2.25. The van der Waals surface area contributed by atoms with E-state index in [1.165, 1.54) is 11.1 Å². The largest absolute Gasteiger partial charge is 0.497 e. The summed E-state index contributed by atoms with van der Waals surface area (Å²) < 4.78 is 5.15. The Balaban J connectivity index is 2.24. The topological polar surface area (TPSA) is 9.23 Å². The third-order valence-electron chi connectivity index (χ3n) is 2.92. The molecule has 0 aliphatic heterocycles. The Morgan fingerprint density at radius 1 is 0.812 bits per heavy atom. The van der Waals surface area contributed by atoms with Gasteiger partial charge in [0.05, 0.1) is 7.11 Å². The molecule has 1 heteroatoms. The first-order valence-electron chi connectivity index (χ1n) is 5.50. The van der Waals surface area contributed by atoms with Crippen LogP contribution in [0.25, 0.3) is 0 Å². The second-order valence-electron chi connectivity index (χ2n) is 3.91. The molecule has 0 spiro atoms. The van der Waals surface area contributed by atoms with Crippen LogP contribution in [0.1, 0.15) is 24.0 Å².